The van der Waals surface area contributed by atoms with E-state index in [1.165, 1.54) is 20.8 Å². The molecule has 0 aliphatic heterocycles. The first-order valence-electron chi connectivity index (χ1n) is 3.88. The number of carbonyl (C=O) groups is 3. The second kappa shape index (κ2) is 8.11. The molecule has 0 aliphatic rings. The van der Waals surface area contributed by atoms with Crippen LogP contribution in [-0.2, 0) is 14.4 Å². The second-order valence-electron chi connectivity index (χ2n) is 2.68. The Hall–Kier alpha value is -0.990. The van der Waals surface area contributed by atoms with Crippen LogP contribution in [-0.4, -0.2) is 17.3 Å². The number of hydrogen-bond donors (Lipinski definition) is 0. The molecule has 0 aromatic rings. The number of ketones is 3. The van der Waals surface area contributed by atoms with Crippen molar-refractivity contribution in [3.63, 3.8) is 0 Å². The largest absolute Gasteiger partial charge is 0.300 e. The number of rotatable bonds is 3. The van der Waals surface area contributed by atoms with Crippen molar-refractivity contribution in [2.75, 3.05) is 0 Å². The maximum absolute atomic E-state index is 10.4. The predicted molar refractivity (Wildman–Crippen MR) is 47.0 cm³/mol. The van der Waals surface area contributed by atoms with Gasteiger partial charge in [-0.15, -0.1) is 0 Å². The SMILES string of the molecule is CC(C)=O.CCC(=O)CC(C)=O. The van der Waals surface area contributed by atoms with E-state index in [0.29, 0.717) is 6.42 Å². The molecule has 0 aromatic heterocycles. The van der Waals surface area contributed by atoms with Crippen LogP contribution >= 0.6 is 0 Å². The third-order valence-corrected chi connectivity index (χ3v) is 0.840. The first-order valence-corrected chi connectivity index (χ1v) is 3.88. The maximum Gasteiger partial charge on any atom is 0.139 e. The Morgan fingerprint density at radius 3 is 1.42 bits per heavy atom. The van der Waals surface area contributed by atoms with Gasteiger partial charge in [0.05, 0.1) is 6.42 Å². The van der Waals surface area contributed by atoms with E-state index in [2.05, 4.69) is 0 Å². The number of Topliss-reactive ketones (excluding diaryl/α,β-unsaturated/α-hetero) is 3. The Labute approximate surface area is 73.1 Å². The van der Waals surface area contributed by atoms with Gasteiger partial charge in [-0.05, 0) is 20.8 Å². The maximum atomic E-state index is 10.4. The normalized spacial score (nSPS) is 8.00. The minimum atomic E-state index is -0.0446. The Kier molecular flexibility index (Phi) is 9.18. The lowest BCUT2D eigenvalue weighted by atomic mass is 10.2. The molecule has 0 bridgehead atoms. The summed E-state index contributed by atoms with van der Waals surface area (Å²) < 4.78 is 0. The minimum absolute atomic E-state index is 0.0255. The summed E-state index contributed by atoms with van der Waals surface area (Å²) in [5.74, 6) is 0.148. The van der Waals surface area contributed by atoms with Gasteiger partial charge in [-0.25, -0.2) is 0 Å². The molecule has 0 rings (SSSR count). The van der Waals surface area contributed by atoms with Crippen molar-refractivity contribution in [1.82, 2.24) is 0 Å². The van der Waals surface area contributed by atoms with Crippen LogP contribution in [0.15, 0.2) is 0 Å². The summed E-state index contributed by atoms with van der Waals surface area (Å²) in [6.45, 7) is 6.23. The molecule has 0 saturated carbocycles. The van der Waals surface area contributed by atoms with E-state index in [1.54, 1.807) is 6.92 Å². The van der Waals surface area contributed by atoms with Crippen molar-refractivity contribution < 1.29 is 14.4 Å². The molecule has 0 radical (unpaired) electrons. The Balaban J connectivity index is 0. The quantitative estimate of drug-likeness (QED) is 0.607. The first-order chi connectivity index (χ1) is 5.40. The highest BCUT2D eigenvalue weighted by atomic mass is 16.1. The van der Waals surface area contributed by atoms with Crippen LogP contribution in [0.2, 0.25) is 0 Å². The van der Waals surface area contributed by atoms with Crippen LogP contribution in [0.1, 0.15) is 40.5 Å². The van der Waals surface area contributed by atoms with Crippen LogP contribution in [0.3, 0.4) is 0 Å². The van der Waals surface area contributed by atoms with Crippen LogP contribution in [0, 0.1) is 0 Å². The summed E-state index contributed by atoms with van der Waals surface area (Å²) >= 11 is 0. The summed E-state index contributed by atoms with van der Waals surface area (Å²) in [5.41, 5.74) is 0. The highest BCUT2D eigenvalue weighted by Crippen LogP contribution is 1.87. The fourth-order valence-corrected chi connectivity index (χ4v) is 0.403. The lowest BCUT2D eigenvalue weighted by Gasteiger charge is -1.87. The zero-order valence-electron chi connectivity index (χ0n) is 8.14. The van der Waals surface area contributed by atoms with E-state index in [9.17, 15) is 14.4 Å². The number of hydrogen-bond acceptors (Lipinski definition) is 3. The van der Waals surface area contributed by atoms with Crippen molar-refractivity contribution in [2.45, 2.75) is 40.5 Å². The van der Waals surface area contributed by atoms with Gasteiger partial charge in [0.1, 0.15) is 17.3 Å². The molecule has 0 fully saturated rings. The Bertz CT molecular complexity index is 167. The van der Waals surface area contributed by atoms with Gasteiger partial charge >= 0.3 is 0 Å². The number of carbonyl (C=O) groups excluding carboxylic acids is 3. The van der Waals surface area contributed by atoms with Gasteiger partial charge in [-0.3, -0.25) is 9.59 Å². The van der Waals surface area contributed by atoms with E-state index in [-0.39, 0.29) is 23.8 Å². The van der Waals surface area contributed by atoms with E-state index in [0.717, 1.165) is 0 Å². The van der Waals surface area contributed by atoms with Crippen LogP contribution in [0.4, 0.5) is 0 Å². The molecule has 0 spiro atoms. The van der Waals surface area contributed by atoms with Crippen molar-refractivity contribution in [3.05, 3.63) is 0 Å². The Morgan fingerprint density at radius 1 is 1.00 bits per heavy atom. The molecule has 0 N–H and O–H groups in total. The lowest BCUT2D eigenvalue weighted by molar-refractivity contribution is -0.125. The lowest BCUT2D eigenvalue weighted by Crippen LogP contribution is -2.01. The van der Waals surface area contributed by atoms with E-state index in [1.807, 2.05) is 0 Å². The van der Waals surface area contributed by atoms with E-state index < -0.39 is 0 Å². The fraction of sp³-hybridized carbons (Fsp3) is 0.667. The van der Waals surface area contributed by atoms with Crippen molar-refractivity contribution in [3.8, 4) is 0 Å². The van der Waals surface area contributed by atoms with Gasteiger partial charge in [0.2, 0.25) is 0 Å². The third kappa shape index (κ3) is 23.0. The smallest absolute Gasteiger partial charge is 0.139 e. The van der Waals surface area contributed by atoms with E-state index >= 15 is 0 Å². The molecule has 0 heterocycles. The van der Waals surface area contributed by atoms with Crippen molar-refractivity contribution in [1.29, 1.82) is 0 Å². The standard InChI is InChI=1S/C6H10O2.C3H6O/c1-3-6(8)4-5(2)7;1-3(2)4/h3-4H2,1-2H3;1-2H3. The van der Waals surface area contributed by atoms with Gasteiger partial charge in [-0.2, -0.15) is 0 Å². The van der Waals surface area contributed by atoms with Crippen LogP contribution in [0.5, 0.6) is 0 Å². The monoisotopic (exact) mass is 172 g/mol. The van der Waals surface area contributed by atoms with Gasteiger partial charge < -0.3 is 4.79 Å². The molecule has 0 atom stereocenters. The second-order valence-corrected chi connectivity index (χ2v) is 2.68. The minimum Gasteiger partial charge on any atom is -0.300 e. The van der Waals surface area contributed by atoms with Gasteiger partial charge in [0.15, 0.2) is 0 Å². The molecule has 3 heteroatoms. The van der Waals surface area contributed by atoms with Gasteiger partial charge in [0, 0.05) is 6.42 Å². The molecule has 0 unspecified atom stereocenters. The summed E-state index contributed by atoms with van der Waals surface area (Å²) in [6.07, 6.45) is 0.579. The van der Waals surface area contributed by atoms with Crippen LogP contribution < -0.4 is 0 Å². The average molecular weight is 172 g/mol. The average Bonchev–Trinajstić information content (AvgIpc) is 1.84. The summed E-state index contributed by atoms with van der Waals surface area (Å²) in [4.78, 5) is 30.0. The van der Waals surface area contributed by atoms with E-state index in [4.69, 9.17) is 0 Å². The van der Waals surface area contributed by atoms with Crippen molar-refractivity contribution >= 4 is 17.3 Å². The van der Waals surface area contributed by atoms with Gasteiger partial charge in [-0.1, -0.05) is 6.92 Å². The zero-order chi connectivity index (χ0) is 10.1. The van der Waals surface area contributed by atoms with Crippen molar-refractivity contribution in [2.24, 2.45) is 0 Å². The van der Waals surface area contributed by atoms with Crippen LogP contribution in [0.25, 0.3) is 0 Å². The third-order valence-electron chi connectivity index (χ3n) is 0.840. The molecule has 0 aromatic carbocycles. The highest BCUT2D eigenvalue weighted by Gasteiger charge is 1.99. The highest BCUT2D eigenvalue weighted by molar-refractivity contribution is 5.97. The molecule has 0 aliphatic carbocycles. The molecule has 12 heavy (non-hydrogen) atoms. The summed E-state index contributed by atoms with van der Waals surface area (Å²) in [6, 6.07) is 0. The van der Waals surface area contributed by atoms with Gasteiger partial charge in [0.25, 0.3) is 0 Å². The molecule has 70 valence electrons. The zero-order valence-corrected chi connectivity index (χ0v) is 8.14. The Morgan fingerprint density at radius 2 is 1.33 bits per heavy atom. The summed E-state index contributed by atoms with van der Waals surface area (Å²) in [5, 5.41) is 0. The topological polar surface area (TPSA) is 51.2 Å². The molecular weight excluding hydrogens is 156 g/mol. The first kappa shape index (κ1) is 13.6. The fourth-order valence-electron chi connectivity index (χ4n) is 0.403. The molecular formula is C9H16O3. The molecule has 0 saturated heterocycles. The summed E-state index contributed by atoms with van der Waals surface area (Å²) in [7, 11) is 0. The molecule has 3 nitrogen and oxygen atoms in total. The predicted octanol–water partition coefficient (Wildman–Crippen LogP) is 1.54. The molecule has 0 amide bonds.